The van der Waals surface area contributed by atoms with Gasteiger partial charge in [-0.1, -0.05) is 12.1 Å². The predicted octanol–water partition coefficient (Wildman–Crippen LogP) is 2.65. The van der Waals surface area contributed by atoms with Crippen LogP contribution in [0.1, 0.15) is 13.8 Å². The highest BCUT2D eigenvalue weighted by molar-refractivity contribution is 7.89. The molecule has 6 heteroatoms. The van der Waals surface area contributed by atoms with Gasteiger partial charge in [0.15, 0.2) is 0 Å². The molecule has 2 atom stereocenters. The van der Waals surface area contributed by atoms with E-state index in [9.17, 15) is 8.42 Å². The van der Waals surface area contributed by atoms with Gasteiger partial charge in [0, 0.05) is 13.1 Å². The molecule has 0 amide bonds. The third kappa shape index (κ3) is 3.20. The van der Waals surface area contributed by atoms with Crippen LogP contribution in [0, 0.1) is 0 Å². The van der Waals surface area contributed by atoms with Crippen molar-refractivity contribution in [3.8, 4) is 5.75 Å². The Labute approximate surface area is 136 Å². The maximum absolute atomic E-state index is 12.9. The Hall–Kier alpha value is -1.63. The van der Waals surface area contributed by atoms with Gasteiger partial charge in [-0.25, -0.2) is 8.42 Å². The van der Waals surface area contributed by atoms with E-state index in [4.69, 9.17) is 9.47 Å². The number of morpholine rings is 1. The molecule has 1 fully saturated rings. The van der Waals surface area contributed by atoms with Crippen LogP contribution in [0.4, 0.5) is 0 Å². The van der Waals surface area contributed by atoms with Crippen molar-refractivity contribution in [2.24, 2.45) is 0 Å². The molecule has 2 aromatic carbocycles. The summed E-state index contributed by atoms with van der Waals surface area (Å²) < 4.78 is 38.1. The number of ether oxygens (including phenoxy) is 2. The van der Waals surface area contributed by atoms with Crippen molar-refractivity contribution in [3.63, 3.8) is 0 Å². The van der Waals surface area contributed by atoms with Crippen molar-refractivity contribution in [2.45, 2.75) is 31.0 Å². The van der Waals surface area contributed by atoms with Gasteiger partial charge >= 0.3 is 0 Å². The van der Waals surface area contributed by atoms with E-state index in [2.05, 4.69) is 0 Å². The number of hydrogen-bond acceptors (Lipinski definition) is 4. The van der Waals surface area contributed by atoms with E-state index < -0.39 is 10.0 Å². The summed E-state index contributed by atoms with van der Waals surface area (Å²) >= 11 is 0. The molecule has 1 heterocycles. The van der Waals surface area contributed by atoms with Crippen molar-refractivity contribution in [3.05, 3.63) is 36.4 Å². The Bertz CT molecular complexity index is 808. The van der Waals surface area contributed by atoms with Gasteiger partial charge in [0.1, 0.15) is 5.75 Å². The Morgan fingerprint density at radius 2 is 1.65 bits per heavy atom. The minimum Gasteiger partial charge on any atom is -0.497 e. The average Bonchev–Trinajstić information content (AvgIpc) is 2.52. The second kappa shape index (κ2) is 6.11. The first-order valence-corrected chi connectivity index (χ1v) is 9.07. The van der Waals surface area contributed by atoms with Gasteiger partial charge in [-0.05, 0) is 48.9 Å². The Morgan fingerprint density at radius 3 is 2.30 bits per heavy atom. The Kier molecular flexibility index (Phi) is 4.31. The molecule has 3 rings (SSSR count). The van der Waals surface area contributed by atoms with Crippen molar-refractivity contribution in [2.75, 3.05) is 20.2 Å². The fraction of sp³-hybridized carbons (Fsp3) is 0.412. The zero-order valence-corrected chi connectivity index (χ0v) is 14.3. The molecule has 0 saturated carbocycles. The highest BCUT2D eigenvalue weighted by atomic mass is 32.2. The SMILES string of the molecule is COc1ccc2cc(S(=O)(=O)N3C[C@@H](C)O[C@H](C)C3)ccc2c1. The molecule has 0 unspecified atom stereocenters. The topological polar surface area (TPSA) is 55.8 Å². The average molecular weight is 335 g/mol. The van der Waals surface area contributed by atoms with E-state index in [-0.39, 0.29) is 12.2 Å². The number of benzene rings is 2. The summed E-state index contributed by atoms with van der Waals surface area (Å²) in [6.45, 7) is 4.55. The number of nitrogens with zero attached hydrogens (tertiary/aromatic N) is 1. The zero-order valence-electron chi connectivity index (χ0n) is 13.5. The van der Waals surface area contributed by atoms with Crippen molar-refractivity contribution in [1.82, 2.24) is 4.31 Å². The molecule has 5 nitrogen and oxygen atoms in total. The smallest absolute Gasteiger partial charge is 0.243 e. The van der Waals surface area contributed by atoms with E-state index in [1.165, 1.54) is 4.31 Å². The molecule has 2 aromatic rings. The van der Waals surface area contributed by atoms with Crippen molar-refractivity contribution in [1.29, 1.82) is 0 Å². The van der Waals surface area contributed by atoms with Gasteiger partial charge in [-0.3, -0.25) is 0 Å². The van der Waals surface area contributed by atoms with Crippen LogP contribution in [-0.4, -0.2) is 45.1 Å². The maximum atomic E-state index is 12.9. The number of hydrogen-bond donors (Lipinski definition) is 0. The first-order valence-electron chi connectivity index (χ1n) is 7.63. The van der Waals surface area contributed by atoms with Crippen LogP contribution in [0.15, 0.2) is 41.3 Å². The highest BCUT2D eigenvalue weighted by Crippen LogP contribution is 2.26. The normalized spacial score (nSPS) is 23.1. The summed E-state index contributed by atoms with van der Waals surface area (Å²) in [5, 5.41) is 1.83. The lowest BCUT2D eigenvalue weighted by molar-refractivity contribution is -0.0440. The van der Waals surface area contributed by atoms with Gasteiger partial charge in [0.05, 0.1) is 24.2 Å². The van der Waals surface area contributed by atoms with Gasteiger partial charge in [-0.2, -0.15) is 4.31 Å². The lowest BCUT2D eigenvalue weighted by Gasteiger charge is -2.34. The molecular weight excluding hydrogens is 314 g/mol. The highest BCUT2D eigenvalue weighted by Gasteiger charge is 2.32. The molecule has 0 bridgehead atoms. The van der Waals surface area contributed by atoms with E-state index >= 15 is 0 Å². The molecule has 124 valence electrons. The van der Waals surface area contributed by atoms with E-state index in [0.717, 1.165) is 16.5 Å². The van der Waals surface area contributed by atoms with Gasteiger partial charge < -0.3 is 9.47 Å². The molecule has 0 spiro atoms. The third-order valence-electron chi connectivity index (χ3n) is 4.04. The first kappa shape index (κ1) is 16.2. The van der Waals surface area contributed by atoms with Crippen molar-refractivity contribution >= 4 is 20.8 Å². The molecule has 23 heavy (non-hydrogen) atoms. The maximum Gasteiger partial charge on any atom is 0.243 e. The van der Waals surface area contributed by atoms with Crippen LogP contribution in [0.2, 0.25) is 0 Å². The number of methoxy groups -OCH3 is 1. The first-order chi connectivity index (χ1) is 10.9. The van der Waals surface area contributed by atoms with E-state index in [1.807, 2.05) is 38.1 Å². The molecule has 0 radical (unpaired) electrons. The summed E-state index contributed by atoms with van der Waals surface area (Å²) in [6, 6.07) is 10.8. The lowest BCUT2D eigenvalue weighted by atomic mass is 10.1. The fourth-order valence-corrected chi connectivity index (χ4v) is 4.59. The second-order valence-corrected chi connectivity index (χ2v) is 7.89. The van der Waals surface area contributed by atoms with E-state index in [1.54, 1.807) is 19.2 Å². The number of rotatable bonds is 3. The molecule has 1 saturated heterocycles. The largest absolute Gasteiger partial charge is 0.497 e. The van der Waals surface area contributed by atoms with Crippen LogP contribution >= 0.6 is 0 Å². The van der Waals surface area contributed by atoms with Gasteiger partial charge in [0.25, 0.3) is 0 Å². The van der Waals surface area contributed by atoms with Crippen LogP contribution in [0.5, 0.6) is 5.75 Å². The molecule has 1 aliphatic heterocycles. The molecular formula is C17H21NO4S. The van der Waals surface area contributed by atoms with Crippen LogP contribution in [0.3, 0.4) is 0 Å². The van der Waals surface area contributed by atoms with Crippen LogP contribution in [-0.2, 0) is 14.8 Å². The Morgan fingerprint density at radius 1 is 1.04 bits per heavy atom. The van der Waals surface area contributed by atoms with Crippen LogP contribution in [0.25, 0.3) is 10.8 Å². The summed E-state index contributed by atoms with van der Waals surface area (Å²) in [6.07, 6.45) is -0.198. The van der Waals surface area contributed by atoms with E-state index in [0.29, 0.717) is 18.0 Å². The lowest BCUT2D eigenvalue weighted by Crippen LogP contribution is -2.48. The summed E-state index contributed by atoms with van der Waals surface area (Å²) in [5.41, 5.74) is 0. The quantitative estimate of drug-likeness (QED) is 0.865. The number of fused-ring (bicyclic) bond motifs is 1. The number of sulfonamides is 1. The predicted molar refractivity (Wildman–Crippen MR) is 89.3 cm³/mol. The monoisotopic (exact) mass is 335 g/mol. The Balaban J connectivity index is 1.98. The summed E-state index contributed by atoms with van der Waals surface area (Å²) in [5.74, 6) is 0.754. The summed E-state index contributed by atoms with van der Waals surface area (Å²) in [7, 11) is -1.90. The molecule has 0 aromatic heterocycles. The fourth-order valence-electron chi connectivity index (χ4n) is 2.97. The molecule has 0 N–H and O–H groups in total. The third-order valence-corrected chi connectivity index (χ3v) is 5.87. The van der Waals surface area contributed by atoms with Crippen molar-refractivity contribution < 1.29 is 17.9 Å². The second-order valence-electron chi connectivity index (χ2n) is 5.95. The standard InChI is InChI=1S/C17H21NO4S/c1-12-10-18(11-13(2)22-12)23(19,20)17-7-5-14-8-16(21-3)6-4-15(14)9-17/h4-9,12-13H,10-11H2,1-3H3/t12-,13-/m1/s1. The van der Waals surface area contributed by atoms with Gasteiger partial charge in [-0.15, -0.1) is 0 Å². The summed E-state index contributed by atoms with van der Waals surface area (Å²) in [4.78, 5) is 0.316. The molecule has 1 aliphatic rings. The molecule has 0 aliphatic carbocycles. The minimum atomic E-state index is -3.51. The minimum absolute atomic E-state index is 0.0988. The van der Waals surface area contributed by atoms with Gasteiger partial charge in [0.2, 0.25) is 10.0 Å². The zero-order chi connectivity index (χ0) is 16.6. The van der Waals surface area contributed by atoms with Crippen LogP contribution < -0.4 is 4.74 Å².